The smallest absolute Gasteiger partial charge is 0.462 e. The molecule has 12 heteroatoms. The van der Waals surface area contributed by atoms with Crippen molar-refractivity contribution >= 4 is 19.8 Å². The van der Waals surface area contributed by atoms with E-state index in [1.807, 2.05) is 39.4 Å². The van der Waals surface area contributed by atoms with Gasteiger partial charge in [0, 0.05) is 12.8 Å². The minimum Gasteiger partial charge on any atom is -0.462 e. The minimum absolute atomic E-state index is 0.0316. The summed E-state index contributed by atoms with van der Waals surface area (Å²) < 4.78 is 34.0. The molecule has 0 rings (SSSR count). The van der Waals surface area contributed by atoms with Gasteiger partial charge in [0.2, 0.25) is 0 Å². The first-order valence-corrected chi connectivity index (χ1v) is 24.3. The Kier molecular flexibility index (Phi) is 38.1. The molecule has 0 aromatic rings. The van der Waals surface area contributed by atoms with Crippen molar-refractivity contribution in [3.8, 4) is 0 Å². The minimum atomic E-state index is -4.47. The van der Waals surface area contributed by atoms with Gasteiger partial charge in [-0.25, -0.2) is 4.57 Å². The Balaban J connectivity index is 4.74. The van der Waals surface area contributed by atoms with E-state index in [0.717, 1.165) is 38.5 Å². The standard InChI is InChI=1S/C50H82NO10P/c1-6-8-10-12-14-15-16-17-18-19-20-21-22-23-24-25-26-28-34-40-49(54)58-44-48(45-60-62(56,57)59-43-42-51(3,4)5)61-50(55)41-35-39-47(53)38-33-30-29-32-37-46(52)36-31-27-13-11-9-7-2/h14-15,17-18,20-21,23-24,26-33,37-38,46-48,52-53H,6-13,16,19,22,25,34-36,39-45H2,1-5H3/p+1/b15-14-,18-17-,21-20-,24-23-,28-26-,30-29+,31-27-,37-32+,38-33-/t46-,47-,48+/m0/s1. The van der Waals surface area contributed by atoms with Crippen molar-refractivity contribution < 1.29 is 52.3 Å². The number of aliphatic hydroxyl groups is 2. The number of aliphatic hydroxyl groups excluding tert-OH is 2. The Labute approximate surface area is 375 Å². The molecule has 0 aliphatic rings. The molecule has 0 saturated carbocycles. The maximum atomic E-state index is 12.7. The molecule has 0 radical (unpaired) electrons. The number of unbranched alkanes of at least 4 members (excludes halogenated alkanes) is 6. The molecule has 0 aliphatic heterocycles. The molecular weight excluding hydrogens is 806 g/mol. The van der Waals surface area contributed by atoms with Crippen LogP contribution in [0.3, 0.4) is 0 Å². The second kappa shape index (κ2) is 40.4. The van der Waals surface area contributed by atoms with Crippen LogP contribution in [0.25, 0.3) is 0 Å². The van der Waals surface area contributed by atoms with Crippen LogP contribution in [-0.2, 0) is 32.7 Å². The number of hydrogen-bond donors (Lipinski definition) is 3. The predicted molar refractivity (Wildman–Crippen MR) is 254 cm³/mol. The SMILES string of the molecule is CCCCC/C=C\C/C=C\C/C=C\C/C=C\C/C=C\CCC(=O)OC[C@H](COP(=O)(O)OCC[N+](C)(C)C)OC(=O)CCC[C@@H](O)\C=C/C=C/C=C/[C@@H](O)C/C=C\CCCCC. The Morgan fingerprint density at radius 2 is 1.11 bits per heavy atom. The number of ether oxygens (including phenoxy) is 2. The average molecular weight is 889 g/mol. The molecule has 11 nitrogen and oxygen atoms in total. The van der Waals surface area contributed by atoms with E-state index in [2.05, 4.69) is 68.5 Å². The van der Waals surface area contributed by atoms with Gasteiger partial charge in [0.25, 0.3) is 0 Å². The fourth-order valence-corrected chi connectivity index (χ4v) is 6.05. The van der Waals surface area contributed by atoms with Crippen molar-refractivity contribution in [3.05, 3.63) is 109 Å². The van der Waals surface area contributed by atoms with Crippen molar-refractivity contribution in [1.82, 2.24) is 0 Å². The number of phosphoric ester groups is 1. The van der Waals surface area contributed by atoms with Crippen LogP contribution >= 0.6 is 7.82 Å². The van der Waals surface area contributed by atoms with Gasteiger partial charge in [0.15, 0.2) is 6.10 Å². The summed E-state index contributed by atoms with van der Waals surface area (Å²) in [6.07, 6.45) is 47.8. The van der Waals surface area contributed by atoms with E-state index in [0.29, 0.717) is 30.3 Å². The number of hydrogen-bond acceptors (Lipinski definition) is 9. The van der Waals surface area contributed by atoms with Gasteiger partial charge in [-0.2, -0.15) is 0 Å². The molecule has 0 spiro atoms. The van der Waals surface area contributed by atoms with E-state index in [1.165, 1.54) is 38.5 Å². The van der Waals surface area contributed by atoms with E-state index < -0.39 is 44.7 Å². The van der Waals surface area contributed by atoms with Crippen LogP contribution in [0.2, 0.25) is 0 Å². The van der Waals surface area contributed by atoms with Crippen LogP contribution in [0.5, 0.6) is 0 Å². The molecule has 0 saturated heterocycles. The summed E-state index contributed by atoms with van der Waals surface area (Å²) in [4.78, 5) is 35.4. The van der Waals surface area contributed by atoms with Crippen molar-refractivity contribution in [2.75, 3.05) is 47.5 Å². The second-order valence-corrected chi connectivity index (χ2v) is 17.6. The van der Waals surface area contributed by atoms with Crippen molar-refractivity contribution in [1.29, 1.82) is 0 Å². The third-order valence-corrected chi connectivity index (χ3v) is 9.96. The maximum absolute atomic E-state index is 12.7. The number of allylic oxidation sites excluding steroid dienone is 15. The molecule has 1 unspecified atom stereocenters. The maximum Gasteiger partial charge on any atom is 0.472 e. The fourth-order valence-electron chi connectivity index (χ4n) is 5.31. The third-order valence-electron chi connectivity index (χ3n) is 8.98. The third kappa shape index (κ3) is 43.2. The average Bonchev–Trinajstić information content (AvgIpc) is 3.21. The van der Waals surface area contributed by atoms with Gasteiger partial charge in [0.05, 0.1) is 40.0 Å². The highest BCUT2D eigenvalue weighted by atomic mass is 31.2. The van der Waals surface area contributed by atoms with Crippen LogP contribution in [0, 0.1) is 0 Å². The molecule has 0 bridgehead atoms. The molecule has 0 heterocycles. The first-order valence-electron chi connectivity index (χ1n) is 22.8. The van der Waals surface area contributed by atoms with E-state index in [1.54, 1.807) is 36.5 Å². The van der Waals surface area contributed by atoms with Gasteiger partial charge in [-0.3, -0.25) is 18.6 Å². The summed E-state index contributed by atoms with van der Waals surface area (Å²) in [5, 5.41) is 20.4. The van der Waals surface area contributed by atoms with Gasteiger partial charge in [0.1, 0.15) is 19.8 Å². The topological polar surface area (TPSA) is 149 Å². The van der Waals surface area contributed by atoms with Gasteiger partial charge in [-0.05, 0) is 77.0 Å². The summed E-state index contributed by atoms with van der Waals surface area (Å²) in [6, 6.07) is 0. The molecule has 0 aromatic heterocycles. The summed E-state index contributed by atoms with van der Waals surface area (Å²) in [6.45, 7) is 3.93. The molecule has 62 heavy (non-hydrogen) atoms. The molecule has 4 atom stereocenters. The Hall–Kier alpha value is -3.41. The molecule has 3 N–H and O–H groups in total. The number of likely N-dealkylation sites (N-methyl/N-ethyl adjacent to an activating group) is 1. The van der Waals surface area contributed by atoms with Gasteiger partial charge >= 0.3 is 19.8 Å². The predicted octanol–water partition coefficient (Wildman–Crippen LogP) is 11.1. The molecule has 0 aromatic carbocycles. The van der Waals surface area contributed by atoms with Crippen molar-refractivity contribution in [2.24, 2.45) is 0 Å². The van der Waals surface area contributed by atoms with Gasteiger partial charge in [-0.15, -0.1) is 0 Å². The lowest BCUT2D eigenvalue weighted by atomic mass is 10.1. The molecular formula is C50H83NO10P+. The monoisotopic (exact) mass is 889 g/mol. The van der Waals surface area contributed by atoms with Gasteiger partial charge < -0.3 is 29.1 Å². The highest BCUT2D eigenvalue weighted by molar-refractivity contribution is 7.47. The lowest BCUT2D eigenvalue weighted by Crippen LogP contribution is -2.37. The summed E-state index contributed by atoms with van der Waals surface area (Å²) in [5.41, 5.74) is 0. The quantitative estimate of drug-likeness (QED) is 0.0136. The Morgan fingerprint density at radius 1 is 0.597 bits per heavy atom. The lowest BCUT2D eigenvalue weighted by molar-refractivity contribution is -0.870. The lowest BCUT2D eigenvalue weighted by Gasteiger charge is -2.24. The van der Waals surface area contributed by atoms with E-state index >= 15 is 0 Å². The summed E-state index contributed by atoms with van der Waals surface area (Å²) in [5.74, 6) is -1.15. The van der Waals surface area contributed by atoms with Gasteiger partial charge in [-0.1, -0.05) is 149 Å². The Bertz CT molecular complexity index is 1450. The van der Waals surface area contributed by atoms with E-state index in [9.17, 15) is 29.3 Å². The molecule has 0 fully saturated rings. The van der Waals surface area contributed by atoms with Crippen LogP contribution in [0.4, 0.5) is 0 Å². The highest BCUT2D eigenvalue weighted by Gasteiger charge is 2.27. The number of carbonyl (C=O) groups excluding carboxylic acids is 2. The van der Waals surface area contributed by atoms with Crippen LogP contribution < -0.4 is 0 Å². The second-order valence-electron chi connectivity index (χ2n) is 16.1. The Morgan fingerprint density at radius 3 is 1.66 bits per heavy atom. The van der Waals surface area contributed by atoms with Crippen LogP contribution in [0.15, 0.2) is 109 Å². The highest BCUT2D eigenvalue weighted by Crippen LogP contribution is 2.43. The normalized spacial score (nSPS) is 15.5. The zero-order valence-electron chi connectivity index (χ0n) is 38.8. The number of rotatable bonds is 39. The molecule has 0 amide bonds. The largest absolute Gasteiger partial charge is 0.472 e. The van der Waals surface area contributed by atoms with E-state index in [4.69, 9.17) is 18.5 Å². The van der Waals surface area contributed by atoms with Crippen molar-refractivity contribution in [3.63, 3.8) is 0 Å². The first kappa shape index (κ1) is 58.6. The summed E-state index contributed by atoms with van der Waals surface area (Å²) in [7, 11) is 1.26. The molecule has 0 aliphatic carbocycles. The zero-order chi connectivity index (χ0) is 46.0. The number of quaternary nitrogens is 1. The fraction of sp³-hybridized carbons (Fsp3) is 0.600. The first-order chi connectivity index (χ1) is 29.8. The van der Waals surface area contributed by atoms with Crippen LogP contribution in [0.1, 0.15) is 129 Å². The number of nitrogens with zero attached hydrogens (tertiary/aromatic N) is 1. The van der Waals surface area contributed by atoms with Crippen molar-refractivity contribution in [2.45, 2.75) is 148 Å². The number of phosphoric acid groups is 1. The number of esters is 2. The zero-order valence-corrected chi connectivity index (χ0v) is 39.7. The van der Waals surface area contributed by atoms with E-state index in [-0.39, 0.29) is 32.5 Å². The van der Waals surface area contributed by atoms with Crippen LogP contribution in [-0.4, -0.2) is 97.3 Å². The number of carbonyl (C=O) groups is 2. The molecule has 352 valence electrons. The summed E-state index contributed by atoms with van der Waals surface area (Å²) >= 11 is 0.